The van der Waals surface area contributed by atoms with E-state index >= 15 is 0 Å². The van der Waals surface area contributed by atoms with Gasteiger partial charge in [-0.1, -0.05) is 128 Å². The van der Waals surface area contributed by atoms with E-state index in [2.05, 4.69) is 38.2 Å². The van der Waals surface area contributed by atoms with Crippen LogP contribution in [0.25, 0.3) is 0 Å². The molecule has 0 fully saturated rings. The van der Waals surface area contributed by atoms with E-state index < -0.39 is 24.3 Å². The Labute approximate surface area is 306 Å². The number of ether oxygens (including phenoxy) is 4. The lowest BCUT2D eigenvalue weighted by Crippen LogP contribution is -2.44. The zero-order valence-electron chi connectivity index (χ0n) is 32.8. The van der Waals surface area contributed by atoms with Gasteiger partial charge in [0, 0.05) is 12.8 Å². The van der Waals surface area contributed by atoms with E-state index in [-0.39, 0.29) is 32.2 Å². The first kappa shape index (κ1) is 47.8. The number of quaternary nitrogens is 1. The molecule has 0 aliphatic heterocycles. The number of carbonyl (C=O) groups excluding carboxylic acids is 3. The SMILES string of the molecule is CCCCCC/C=C\C/C=C\CCCCCCCC(=O)OC(COC(=O)CCCCCCCCCCC)COC(OCC[N+](C)(C)C)C(=O)[O-]. The number of carboxylic acids is 1. The summed E-state index contributed by atoms with van der Waals surface area (Å²) < 4.78 is 22.4. The molecule has 0 amide bonds. The predicted molar refractivity (Wildman–Crippen MR) is 200 cm³/mol. The van der Waals surface area contributed by atoms with Crippen LogP contribution in [-0.4, -0.2) is 82.3 Å². The monoisotopic (exact) mass is 710 g/mol. The summed E-state index contributed by atoms with van der Waals surface area (Å²) in [5, 5.41) is 11.6. The number of likely N-dealkylation sites (N-methyl/N-ethyl adjacent to an activating group) is 1. The predicted octanol–water partition coefficient (Wildman–Crippen LogP) is 8.38. The minimum Gasteiger partial charge on any atom is -0.545 e. The Morgan fingerprint density at radius 2 is 1.08 bits per heavy atom. The smallest absolute Gasteiger partial charge is 0.306 e. The van der Waals surface area contributed by atoms with Gasteiger partial charge in [-0.3, -0.25) is 9.59 Å². The second-order valence-corrected chi connectivity index (χ2v) is 14.6. The fourth-order valence-corrected chi connectivity index (χ4v) is 5.27. The molecule has 0 aromatic heterocycles. The number of allylic oxidation sites excluding steroid dienone is 4. The third-order valence-corrected chi connectivity index (χ3v) is 8.45. The lowest BCUT2D eigenvalue weighted by Gasteiger charge is -2.26. The van der Waals surface area contributed by atoms with Crippen molar-refractivity contribution in [1.29, 1.82) is 0 Å². The van der Waals surface area contributed by atoms with Crippen molar-refractivity contribution in [1.82, 2.24) is 0 Å². The molecule has 0 saturated carbocycles. The summed E-state index contributed by atoms with van der Waals surface area (Å²) in [7, 11) is 5.89. The topological polar surface area (TPSA) is 111 Å². The van der Waals surface area contributed by atoms with Gasteiger partial charge in [0.2, 0.25) is 0 Å². The average molecular weight is 710 g/mol. The van der Waals surface area contributed by atoms with Crippen LogP contribution < -0.4 is 5.11 Å². The second-order valence-electron chi connectivity index (χ2n) is 14.6. The van der Waals surface area contributed by atoms with Gasteiger partial charge in [-0.25, -0.2) is 0 Å². The van der Waals surface area contributed by atoms with Gasteiger partial charge in [0.1, 0.15) is 13.2 Å². The molecule has 2 atom stereocenters. The van der Waals surface area contributed by atoms with Crippen LogP contribution in [0.4, 0.5) is 0 Å². The van der Waals surface area contributed by atoms with E-state index in [1.807, 2.05) is 21.1 Å². The van der Waals surface area contributed by atoms with Crippen LogP contribution in [0, 0.1) is 0 Å². The van der Waals surface area contributed by atoms with Crippen molar-refractivity contribution in [2.75, 3.05) is 47.5 Å². The third kappa shape index (κ3) is 34.2. The standard InChI is InChI=1S/C41H75NO8/c1-6-8-10-12-14-16-17-18-19-20-21-22-24-26-28-30-32-39(44)50-37(36-49-41(40(45)46)47-34-33-42(3,4)5)35-48-38(43)31-29-27-25-23-15-13-11-9-7-2/h16-17,19-20,37,41H,6-15,18,21-36H2,1-5H3/b17-16-,20-19-. The van der Waals surface area contributed by atoms with Gasteiger partial charge in [-0.05, 0) is 44.9 Å². The molecule has 0 heterocycles. The molecule has 0 spiro atoms. The molecule has 0 N–H and O–H groups in total. The van der Waals surface area contributed by atoms with Gasteiger partial charge in [0.05, 0.1) is 40.3 Å². The highest BCUT2D eigenvalue weighted by atomic mass is 16.7. The van der Waals surface area contributed by atoms with E-state index in [4.69, 9.17) is 18.9 Å². The molecule has 9 nitrogen and oxygen atoms in total. The van der Waals surface area contributed by atoms with E-state index in [0.29, 0.717) is 23.9 Å². The molecule has 0 aliphatic rings. The van der Waals surface area contributed by atoms with E-state index in [1.54, 1.807) is 0 Å². The van der Waals surface area contributed by atoms with Crippen molar-refractivity contribution < 1.29 is 42.9 Å². The maximum atomic E-state index is 12.7. The first-order chi connectivity index (χ1) is 24.1. The lowest BCUT2D eigenvalue weighted by molar-refractivity contribution is -0.870. The fourth-order valence-electron chi connectivity index (χ4n) is 5.27. The number of esters is 2. The summed E-state index contributed by atoms with van der Waals surface area (Å²) in [5.41, 5.74) is 0. The largest absolute Gasteiger partial charge is 0.545 e. The number of aliphatic carboxylic acids is 1. The number of hydrogen-bond acceptors (Lipinski definition) is 8. The van der Waals surface area contributed by atoms with Crippen LogP contribution in [0.2, 0.25) is 0 Å². The van der Waals surface area contributed by atoms with Gasteiger partial charge < -0.3 is 33.3 Å². The second kappa shape index (κ2) is 33.9. The van der Waals surface area contributed by atoms with E-state index in [0.717, 1.165) is 57.8 Å². The van der Waals surface area contributed by atoms with Crippen LogP contribution >= 0.6 is 0 Å². The maximum absolute atomic E-state index is 12.7. The van der Waals surface area contributed by atoms with Crippen molar-refractivity contribution >= 4 is 17.9 Å². The van der Waals surface area contributed by atoms with Gasteiger partial charge in [-0.15, -0.1) is 0 Å². The van der Waals surface area contributed by atoms with Crippen molar-refractivity contribution in [3.8, 4) is 0 Å². The molecule has 0 saturated heterocycles. The van der Waals surface area contributed by atoms with Gasteiger partial charge in [0.25, 0.3) is 0 Å². The summed E-state index contributed by atoms with van der Waals surface area (Å²) >= 11 is 0. The first-order valence-electron chi connectivity index (χ1n) is 20.0. The van der Waals surface area contributed by atoms with Crippen molar-refractivity contribution in [2.24, 2.45) is 0 Å². The van der Waals surface area contributed by atoms with Gasteiger partial charge >= 0.3 is 11.9 Å². The zero-order chi connectivity index (χ0) is 37.1. The number of carboxylic acid groups (broad SMARTS) is 1. The summed E-state index contributed by atoms with van der Waals surface area (Å²) in [6, 6.07) is 0. The first-order valence-corrected chi connectivity index (χ1v) is 20.0. The molecular weight excluding hydrogens is 634 g/mol. The van der Waals surface area contributed by atoms with Crippen molar-refractivity contribution in [3.05, 3.63) is 24.3 Å². The average Bonchev–Trinajstić information content (AvgIpc) is 3.06. The fraction of sp³-hybridized carbons (Fsp3) is 0.829. The minimum absolute atomic E-state index is 0.146. The molecule has 0 aromatic carbocycles. The van der Waals surface area contributed by atoms with E-state index in [9.17, 15) is 19.5 Å². The Balaban J connectivity index is 4.52. The van der Waals surface area contributed by atoms with Crippen molar-refractivity contribution in [3.63, 3.8) is 0 Å². The Hall–Kier alpha value is -2.23. The highest BCUT2D eigenvalue weighted by Gasteiger charge is 2.21. The minimum atomic E-state index is -1.62. The highest BCUT2D eigenvalue weighted by molar-refractivity contribution is 5.70. The summed E-state index contributed by atoms with van der Waals surface area (Å²) in [4.78, 5) is 36.7. The van der Waals surface area contributed by atoms with Crippen LogP contribution in [0.5, 0.6) is 0 Å². The highest BCUT2D eigenvalue weighted by Crippen LogP contribution is 2.13. The van der Waals surface area contributed by atoms with Gasteiger partial charge in [0.15, 0.2) is 12.4 Å². The van der Waals surface area contributed by atoms with Crippen LogP contribution in [0.15, 0.2) is 24.3 Å². The maximum Gasteiger partial charge on any atom is 0.306 e. The molecule has 9 heteroatoms. The molecule has 0 aromatic rings. The molecule has 2 unspecified atom stereocenters. The van der Waals surface area contributed by atoms with E-state index in [1.165, 1.54) is 70.6 Å². The molecule has 0 bridgehead atoms. The molecule has 0 aliphatic carbocycles. The van der Waals surface area contributed by atoms with Crippen LogP contribution in [-0.2, 0) is 33.3 Å². The van der Waals surface area contributed by atoms with Crippen LogP contribution in [0.3, 0.4) is 0 Å². The Morgan fingerprint density at radius 3 is 1.60 bits per heavy atom. The molecule has 0 radical (unpaired) electrons. The molecule has 50 heavy (non-hydrogen) atoms. The normalized spacial score (nSPS) is 13.2. The number of rotatable bonds is 36. The zero-order valence-corrected chi connectivity index (χ0v) is 32.8. The number of unbranched alkanes of at least 4 members (excludes halogenated alkanes) is 17. The molecule has 292 valence electrons. The third-order valence-electron chi connectivity index (χ3n) is 8.45. The Morgan fingerprint density at radius 1 is 0.600 bits per heavy atom. The molecule has 0 rings (SSSR count). The summed E-state index contributed by atoms with van der Waals surface area (Å²) in [6.45, 7) is 4.67. The van der Waals surface area contributed by atoms with Crippen molar-refractivity contribution in [2.45, 2.75) is 174 Å². The number of hydrogen-bond donors (Lipinski definition) is 0. The van der Waals surface area contributed by atoms with Crippen LogP contribution in [0.1, 0.15) is 162 Å². The number of carbonyl (C=O) groups is 3. The Kier molecular flexibility index (Phi) is 32.4. The quantitative estimate of drug-likeness (QED) is 0.0210. The Bertz CT molecular complexity index is 882. The lowest BCUT2D eigenvalue weighted by atomic mass is 10.1. The number of nitrogens with zero attached hydrogens (tertiary/aromatic N) is 1. The van der Waals surface area contributed by atoms with Gasteiger partial charge in [-0.2, -0.15) is 0 Å². The summed E-state index contributed by atoms with van der Waals surface area (Å²) in [6.07, 6.45) is 30.7. The summed E-state index contributed by atoms with van der Waals surface area (Å²) in [5.74, 6) is -2.31. The molecular formula is C41H75NO8.